The first-order valence-electron chi connectivity index (χ1n) is 7.20. The normalized spacial score (nSPS) is 19.3. The van der Waals surface area contributed by atoms with Crippen LogP contribution < -0.4 is 15.9 Å². The Balaban J connectivity index is 1.95. The molecule has 2 N–H and O–H groups in total. The van der Waals surface area contributed by atoms with Crippen molar-refractivity contribution in [3.8, 4) is 0 Å². The molecular weight excluding hydrogens is 272 g/mol. The van der Waals surface area contributed by atoms with Crippen LogP contribution in [0.5, 0.6) is 0 Å². The van der Waals surface area contributed by atoms with E-state index in [1.807, 2.05) is 13.0 Å². The first-order chi connectivity index (χ1) is 10.2. The van der Waals surface area contributed by atoms with Crippen LogP contribution in [0.25, 0.3) is 5.65 Å². The molecule has 0 saturated carbocycles. The Hall–Kier alpha value is -1.93. The highest BCUT2D eigenvalue weighted by molar-refractivity contribution is 5.52. The molecule has 1 aliphatic heterocycles. The Morgan fingerprint density at radius 3 is 3.24 bits per heavy atom. The molecule has 0 aliphatic carbocycles. The maximum absolute atomic E-state index is 11.7. The van der Waals surface area contributed by atoms with Gasteiger partial charge in [-0.1, -0.05) is 6.92 Å². The number of anilines is 1. The van der Waals surface area contributed by atoms with Crippen LogP contribution >= 0.6 is 0 Å². The van der Waals surface area contributed by atoms with Crippen molar-refractivity contribution in [3.05, 3.63) is 22.4 Å². The zero-order valence-electron chi connectivity index (χ0n) is 12.3. The third kappa shape index (κ3) is 2.64. The minimum Gasteiger partial charge on any atom is -0.377 e. The lowest BCUT2D eigenvalue weighted by atomic mass is 10.2. The zero-order chi connectivity index (χ0) is 14.8. The largest absolute Gasteiger partial charge is 0.377 e. The van der Waals surface area contributed by atoms with Gasteiger partial charge in [-0.2, -0.15) is 5.10 Å². The lowest BCUT2D eigenvalue weighted by Gasteiger charge is -2.36. The molecule has 1 atom stereocenters. The lowest BCUT2D eigenvalue weighted by Crippen LogP contribution is -2.51. The molecule has 0 aromatic carbocycles. The van der Waals surface area contributed by atoms with Crippen LogP contribution in [0.4, 0.5) is 5.82 Å². The van der Waals surface area contributed by atoms with Crippen molar-refractivity contribution in [1.82, 2.24) is 24.9 Å². The molecule has 0 spiro atoms. The van der Waals surface area contributed by atoms with E-state index in [0.29, 0.717) is 24.7 Å². The number of hydrogen-bond acceptors (Lipinski definition) is 6. The summed E-state index contributed by atoms with van der Waals surface area (Å²) in [5.41, 5.74) is 0.337. The molecule has 21 heavy (non-hydrogen) atoms. The van der Waals surface area contributed by atoms with Crippen molar-refractivity contribution in [2.24, 2.45) is 0 Å². The van der Waals surface area contributed by atoms with Gasteiger partial charge in [-0.3, -0.25) is 0 Å². The van der Waals surface area contributed by atoms with Gasteiger partial charge in [-0.25, -0.2) is 19.3 Å². The average Bonchev–Trinajstić information content (AvgIpc) is 2.87. The molecule has 1 fully saturated rings. The maximum atomic E-state index is 11.7. The SMILES string of the molecule is CCNCC1COCCN1c1cc2n[nH]c(=O)n2c(C)n1. The molecule has 2 aromatic heterocycles. The van der Waals surface area contributed by atoms with E-state index in [0.717, 1.165) is 25.5 Å². The highest BCUT2D eigenvalue weighted by Gasteiger charge is 2.24. The third-order valence-electron chi connectivity index (χ3n) is 3.71. The number of nitrogens with zero attached hydrogens (tertiary/aromatic N) is 4. The fourth-order valence-electron chi connectivity index (χ4n) is 2.67. The monoisotopic (exact) mass is 292 g/mol. The van der Waals surface area contributed by atoms with Crippen LogP contribution in [0.1, 0.15) is 12.7 Å². The van der Waals surface area contributed by atoms with Crippen molar-refractivity contribution in [2.75, 3.05) is 37.7 Å². The number of ether oxygens (including phenoxy) is 1. The molecule has 2 aromatic rings. The quantitative estimate of drug-likeness (QED) is 0.793. The summed E-state index contributed by atoms with van der Waals surface area (Å²) in [4.78, 5) is 18.4. The predicted octanol–water partition coefficient (Wildman–Crippen LogP) is -0.459. The summed E-state index contributed by atoms with van der Waals surface area (Å²) >= 11 is 0. The van der Waals surface area contributed by atoms with Crippen molar-refractivity contribution in [1.29, 1.82) is 0 Å². The number of likely N-dealkylation sites (N-methyl/N-ethyl adjacent to an activating group) is 1. The van der Waals surface area contributed by atoms with Crippen LogP contribution in [-0.2, 0) is 4.74 Å². The van der Waals surface area contributed by atoms with E-state index < -0.39 is 0 Å². The van der Waals surface area contributed by atoms with Crippen molar-refractivity contribution < 1.29 is 4.74 Å². The number of aryl methyl sites for hydroxylation is 1. The molecular formula is C13H20N6O2. The van der Waals surface area contributed by atoms with Gasteiger partial charge in [-0.15, -0.1) is 0 Å². The molecule has 3 heterocycles. The van der Waals surface area contributed by atoms with Gasteiger partial charge in [0.05, 0.1) is 19.3 Å². The van der Waals surface area contributed by atoms with Gasteiger partial charge >= 0.3 is 5.69 Å². The Bertz CT molecular complexity index is 679. The van der Waals surface area contributed by atoms with Gasteiger partial charge in [0.25, 0.3) is 0 Å². The highest BCUT2D eigenvalue weighted by Crippen LogP contribution is 2.18. The van der Waals surface area contributed by atoms with Crippen LogP contribution in [0.2, 0.25) is 0 Å². The van der Waals surface area contributed by atoms with Gasteiger partial charge in [0.15, 0.2) is 5.65 Å². The fraction of sp³-hybridized carbons (Fsp3) is 0.615. The Morgan fingerprint density at radius 1 is 1.57 bits per heavy atom. The van der Waals surface area contributed by atoms with Gasteiger partial charge in [0.1, 0.15) is 11.6 Å². The summed E-state index contributed by atoms with van der Waals surface area (Å²) in [5.74, 6) is 1.47. The Labute approximate surface area is 122 Å². The second-order valence-corrected chi connectivity index (χ2v) is 5.11. The molecule has 0 amide bonds. The van der Waals surface area contributed by atoms with E-state index in [-0.39, 0.29) is 11.7 Å². The van der Waals surface area contributed by atoms with E-state index in [1.54, 1.807) is 0 Å². The van der Waals surface area contributed by atoms with E-state index in [4.69, 9.17) is 4.74 Å². The summed E-state index contributed by atoms with van der Waals surface area (Å²) in [6.07, 6.45) is 0. The van der Waals surface area contributed by atoms with E-state index in [2.05, 4.69) is 32.3 Å². The first-order valence-corrected chi connectivity index (χ1v) is 7.20. The number of H-pyrrole nitrogens is 1. The topological polar surface area (TPSA) is 87.5 Å². The fourth-order valence-corrected chi connectivity index (χ4v) is 2.67. The molecule has 1 aliphatic rings. The zero-order valence-corrected chi connectivity index (χ0v) is 12.3. The number of fused-ring (bicyclic) bond motifs is 1. The smallest absolute Gasteiger partial charge is 0.349 e. The van der Waals surface area contributed by atoms with Gasteiger partial charge in [0, 0.05) is 19.2 Å². The van der Waals surface area contributed by atoms with Crippen molar-refractivity contribution in [3.63, 3.8) is 0 Å². The minimum absolute atomic E-state index is 0.235. The molecule has 1 unspecified atom stereocenters. The Morgan fingerprint density at radius 2 is 2.43 bits per heavy atom. The first kappa shape index (κ1) is 14.0. The predicted molar refractivity (Wildman–Crippen MR) is 78.8 cm³/mol. The minimum atomic E-state index is -0.257. The highest BCUT2D eigenvalue weighted by atomic mass is 16.5. The second kappa shape index (κ2) is 5.82. The van der Waals surface area contributed by atoms with E-state index in [9.17, 15) is 4.79 Å². The number of aromatic nitrogens is 4. The maximum Gasteiger partial charge on any atom is 0.349 e. The third-order valence-corrected chi connectivity index (χ3v) is 3.71. The number of morpholine rings is 1. The van der Waals surface area contributed by atoms with Crippen molar-refractivity contribution >= 4 is 11.5 Å². The summed E-state index contributed by atoms with van der Waals surface area (Å²) in [5, 5.41) is 9.84. The molecule has 114 valence electrons. The summed E-state index contributed by atoms with van der Waals surface area (Å²) in [6.45, 7) is 7.80. The molecule has 3 rings (SSSR count). The van der Waals surface area contributed by atoms with Crippen molar-refractivity contribution in [2.45, 2.75) is 19.9 Å². The average molecular weight is 292 g/mol. The van der Waals surface area contributed by atoms with Gasteiger partial charge in [0.2, 0.25) is 0 Å². The summed E-state index contributed by atoms with van der Waals surface area (Å²) in [7, 11) is 0. The van der Waals surface area contributed by atoms with Crippen LogP contribution in [0.3, 0.4) is 0 Å². The van der Waals surface area contributed by atoms with E-state index in [1.165, 1.54) is 4.40 Å². The summed E-state index contributed by atoms with van der Waals surface area (Å²) < 4.78 is 7.04. The molecule has 1 saturated heterocycles. The number of rotatable bonds is 4. The number of nitrogens with one attached hydrogen (secondary N) is 2. The second-order valence-electron chi connectivity index (χ2n) is 5.11. The molecule has 0 bridgehead atoms. The standard InChI is InChI=1S/C13H20N6O2/c1-3-14-7-10-8-21-5-4-18(10)11-6-12-16-17-13(20)19(12)9(2)15-11/h6,10,14H,3-5,7-8H2,1-2H3,(H,17,20). The van der Waals surface area contributed by atoms with Crippen LogP contribution in [0, 0.1) is 6.92 Å². The van der Waals surface area contributed by atoms with E-state index >= 15 is 0 Å². The van der Waals surface area contributed by atoms with Gasteiger partial charge < -0.3 is 15.0 Å². The lowest BCUT2D eigenvalue weighted by molar-refractivity contribution is 0.0935. The number of aromatic amines is 1. The number of hydrogen-bond donors (Lipinski definition) is 2. The van der Waals surface area contributed by atoms with Gasteiger partial charge in [-0.05, 0) is 13.5 Å². The van der Waals surface area contributed by atoms with Crippen LogP contribution in [0.15, 0.2) is 10.9 Å². The molecule has 8 nitrogen and oxygen atoms in total. The molecule has 0 radical (unpaired) electrons. The van der Waals surface area contributed by atoms with Crippen LogP contribution in [-0.4, -0.2) is 58.5 Å². The summed E-state index contributed by atoms with van der Waals surface area (Å²) in [6, 6.07) is 2.08. The molecule has 8 heteroatoms. The Kier molecular flexibility index (Phi) is 3.89.